The Morgan fingerprint density at radius 3 is 2.50 bits per heavy atom. The van der Waals surface area contributed by atoms with E-state index < -0.39 is 17.6 Å². The molecule has 1 atom stereocenters. The summed E-state index contributed by atoms with van der Waals surface area (Å²) in [6.45, 7) is 6.99. The molecule has 0 aliphatic carbocycles. The lowest BCUT2D eigenvalue weighted by Crippen LogP contribution is -2.61. The molecule has 1 saturated heterocycles. The second kappa shape index (κ2) is 7.13. The second-order valence-electron chi connectivity index (χ2n) is 6.43. The largest absolute Gasteiger partial charge is 0.468 e. The Balaban J connectivity index is 2.74. The molecule has 126 valence electrons. The number of carbonyl (C=O) groups is 2. The van der Waals surface area contributed by atoms with Gasteiger partial charge in [-0.3, -0.25) is 4.79 Å². The quantitative estimate of drug-likeness (QED) is 0.526. The van der Waals surface area contributed by atoms with Crippen molar-refractivity contribution < 1.29 is 19.4 Å². The highest BCUT2D eigenvalue weighted by atomic mass is 32.1. The van der Waals surface area contributed by atoms with Crippen molar-refractivity contribution in [1.29, 1.82) is 0 Å². The first-order valence-electron chi connectivity index (χ1n) is 7.23. The maximum atomic E-state index is 11.6. The molecule has 1 heterocycles. The molecular formula is C14H25N3O4S. The fraction of sp³-hybridized carbons (Fsp3) is 0.786. The lowest BCUT2D eigenvalue weighted by Gasteiger charge is -2.47. The van der Waals surface area contributed by atoms with Crippen molar-refractivity contribution in [3.8, 4) is 0 Å². The van der Waals surface area contributed by atoms with Gasteiger partial charge in [-0.1, -0.05) is 20.8 Å². The van der Waals surface area contributed by atoms with E-state index in [0.29, 0.717) is 18.2 Å². The molecular weight excluding hydrogens is 306 g/mol. The average Bonchev–Trinajstić information content (AvgIpc) is 2.87. The van der Waals surface area contributed by atoms with Gasteiger partial charge in [0.1, 0.15) is 6.54 Å². The normalized spacial score (nSPS) is 21.4. The summed E-state index contributed by atoms with van der Waals surface area (Å²) in [6, 6.07) is 0. The minimum Gasteiger partial charge on any atom is -0.468 e. The molecule has 22 heavy (non-hydrogen) atoms. The highest BCUT2D eigenvalue weighted by Crippen LogP contribution is 2.43. The summed E-state index contributed by atoms with van der Waals surface area (Å²) in [5.74, 6) is -0.414. The third-order valence-electron chi connectivity index (χ3n) is 4.28. The van der Waals surface area contributed by atoms with Crippen LogP contribution in [0.4, 0.5) is 4.79 Å². The molecule has 0 aromatic rings. The number of amides is 1. The van der Waals surface area contributed by atoms with Crippen LogP contribution in [0.25, 0.3) is 0 Å². The molecule has 1 aliphatic heterocycles. The van der Waals surface area contributed by atoms with E-state index in [1.807, 2.05) is 20.8 Å². The Morgan fingerprint density at radius 1 is 1.36 bits per heavy atom. The van der Waals surface area contributed by atoms with Gasteiger partial charge in [0.25, 0.3) is 0 Å². The number of rotatable bonds is 4. The van der Waals surface area contributed by atoms with Crippen molar-refractivity contribution in [2.45, 2.75) is 39.2 Å². The average molecular weight is 331 g/mol. The summed E-state index contributed by atoms with van der Waals surface area (Å²) in [4.78, 5) is 24.1. The number of hydrogen-bond donors (Lipinski definition) is 3. The molecule has 0 aromatic carbocycles. The Kier molecular flexibility index (Phi) is 5.99. The van der Waals surface area contributed by atoms with Crippen LogP contribution in [0.3, 0.4) is 0 Å². The van der Waals surface area contributed by atoms with Crippen molar-refractivity contribution in [3.05, 3.63) is 0 Å². The highest BCUT2D eigenvalue weighted by molar-refractivity contribution is 7.80. The molecule has 3 N–H and O–H groups in total. The molecule has 1 aliphatic rings. The number of hydrogen-bond acceptors (Lipinski definition) is 4. The van der Waals surface area contributed by atoms with E-state index in [2.05, 4.69) is 15.4 Å². The van der Waals surface area contributed by atoms with Gasteiger partial charge in [0.15, 0.2) is 5.11 Å². The number of carbonyl (C=O) groups excluding carboxylic acids is 1. The fourth-order valence-electron chi connectivity index (χ4n) is 2.90. The summed E-state index contributed by atoms with van der Waals surface area (Å²) >= 11 is 5.14. The lowest BCUT2D eigenvalue weighted by atomic mass is 9.71. The van der Waals surface area contributed by atoms with E-state index in [9.17, 15) is 14.7 Å². The molecule has 1 fully saturated rings. The monoisotopic (exact) mass is 331 g/mol. The van der Waals surface area contributed by atoms with Gasteiger partial charge in [0.2, 0.25) is 0 Å². The predicted molar refractivity (Wildman–Crippen MR) is 86.8 cm³/mol. The van der Waals surface area contributed by atoms with Crippen molar-refractivity contribution in [2.24, 2.45) is 5.41 Å². The lowest BCUT2D eigenvalue weighted by molar-refractivity contribution is -0.139. The zero-order valence-electron chi connectivity index (χ0n) is 13.6. The first-order chi connectivity index (χ1) is 10.1. The summed E-state index contributed by atoms with van der Waals surface area (Å²) in [5.41, 5.74) is -0.775. The minimum absolute atomic E-state index is 0.0203. The van der Waals surface area contributed by atoms with Crippen LogP contribution >= 0.6 is 12.2 Å². The Labute approximate surface area is 136 Å². The van der Waals surface area contributed by atoms with Crippen LogP contribution in [-0.2, 0) is 9.53 Å². The van der Waals surface area contributed by atoms with E-state index >= 15 is 0 Å². The zero-order valence-corrected chi connectivity index (χ0v) is 14.4. The SMILES string of the molecule is COC(=O)CNC(=S)NC[C@@]1(C(C)(C)C)CCCN1C(=O)O. The first-order valence-corrected chi connectivity index (χ1v) is 7.64. The highest BCUT2D eigenvalue weighted by Gasteiger charge is 2.51. The number of nitrogens with zero attached hydrogens (tertiary/aromatic N) is 1. The minimum atomic E-state index is -0.914. The second-order valence-corrected chi connectivity index (χ2v) is 6.84. The van der Waals surface area contributed by atoms with Gasteiger partial charge in [0, 0.05) is 13.1 Å². The maximum absolute atomic E-state index is 11.6. The van der Waals surface area contributed by atoms with Gasteiger partial charge in [-0.25, -0.2) is 4.79 Å². The summed E-state index contributed by atoms with van der Waals surface area (Å²) in [5, 5.41) is 15.6. The van der Waals surface area contributed by atoms with E-state index in [0.717, 1.165) is 12.8 Å². The number of methoxy groups -OCH3 is 1. The van der Waals surface area contributed by atoms with E-state index in [1.54, 1.807) is 0 Å². The van der Waals surface area contributed by atoms with Gasteiger partial charge < -0.3 is 25.4 Å². The van der Waals surface area contributed by atoms with Crippen molar-refractivity contribution in [3.63, 3.8) is 0 Å². The van der Waals surface area contributed by atoms with Crippen LogP contribution in [0.5, 0.6) is 0 Å². The van der Waals surface area contributed by atoms with Crippen LogP contribution in [0.15, 0.2) is 0 Å². The molecule has 1 rings (SSSR count). The molecule has 0 saturated carbocycles. The smallest absolute Gasteiger partial charge is 0.407 e. The maximum Gasteiger partial charge on any atom is 0.407 e. The number of ether oxygens (including phenoxy) is 1. The van der Waals surface area contributed by atoms with Gasteiger partial charge >= 0.3 is 12.1 Å². The number of nitrogens with one attached hydrogen (secondary N) is 2. The number of likely N-dealkylation sites (tertiary alicyclic amines) is 1. The Morgan fingerprint density at radius 2 is 2.00 bits per heavy atom. The molecule has 0 radical (unpaired) electrons. The first kappa shape index (κ1) is 18.5. The Hall–Kier alpha value is -1.57. The molecule has 0 spiro atoms. The van der Waals surface area contributed by atoms with E-state index in [1.165, 1.54) is 12.0 Å². The fourth-order valence-corrected chi connectivity index (χ4v) is 3.04. The Bertz CT molecular complexity index is 450. The van der Waals surface area contributed by atoms with Gasteiger partial charge in [0.05, 0.1) is 12.6 Å². The van der Waals surface area contributed by atoms with Crippen molar-refractivity contribution in [1.82, 2.24) is 15.5 Å². The summed E-state index contributed by atoms with van der Waals surface area (Å²) < 4.78 is 4.53. The van der Waals surface area contributed by atoms with Gasteiger partial charge in [-0.15, -0.1) is 0 Å². The van der Waals surface area contributed by atoms with Crippen molar-refractivity contribution in [2.75, 3.05) is 26.7 Å². The third-order valence-corrected chi connectivity index (χ3v) is 4.57. The molecule has 7 nitrogen and oxygen atoms in total. The predicted octanol–water partition coefficient (Wildman–Crippen LogP) is 1.18. The van der Waals surface area contributed by atoms with Crippen LogP contribution in [-0.4, -0.2) is 59.5 Å². The van der Waals surface area contributed by atoms with Gasteiger partial charge in [-0.05, 0) is 30.5 Å². The van der Waals surface area contributed by atoms with Crippen LogP contribution in [0, 0.1) is 5.41 Å². The summed E-state index contributed by atoms with van der Waals surface area (Å²) in [6.07, 6.45) is 0.686. The van der Waals surface area contributed by atoms with Crippen LogP contribution < -0.4 is 10.6 Å². The molecule has 8 heteroatoms. The molecule has 0 bridgehead atoms. The third kappa shape index (κ3) is 4.00. The summed E-state index contributed by atoms with van der Waals surface area (Å²) in [7, 11) is 1.30. The molecule has 0 aromatic heterocycles. The van der Waals surface area contributed by atoms with E-state index in [-0.39, 0.29) is 12.0 Å². The number of carboxylic acid groups (broad SMARTS) is 1. The zero-order chi connectivity index (χ0) is 17.0. The van der Waals surface area contributed by atoms with E-state index in [4.69, 9.17) is 12.2 Å². The topological polar surface area (TPSA) is 90.9 Å². The van der Waals surface area contributed by atoms with Crippen LogP contribution in [0.1, 0.15) is 33.6 Å². The van der Waals surface area contributed by atoms with Gasteiger partial charge in [-0.2, -0.15) is 0 Å². The standard InChI is InChI=1S/C14H25N3O4S/c1-13(2,3)14(6-5-7-17(14)12(19)20)9-16-11(22)15-8-10(18)21-4/h5-9H2,1-4H3,(H,19,20)(H2,15,16,22)/t14-/m1/s1. The van der Waals surface area contributed by atoms with Crippen molar-refractivity contribution >= 4 is 29.4 Å². The van der Waals surface area contributed by atoms with Crippen LogP contribution in [0.2, 0.25) is 0 Å². The molecule has 0 unspecified atom stereocenters. The number of thiocarbonyl (C=S) groups is 1. The molecule has 1 amide bonds. The number of esters is 1.